The largest absolute Gasteiger partial charge is 0.169 e. The third-order valence-corrected chi connectivity index (χ3v) is 27.1. The van der Waals surface area contributed by atoms with Crippen molar-refractivity contribution in [1.82, 2.24) is 0 Å². The molecule has 0 unspecified atom stereocenters. The van der Waals surface area contributed by atoms with E-state index in [1.165, 1.54) is 114 Å². The molecule has 0 saturated carbocycles. The van der Waals surface area contributed by atoms with Gasteiger partial charge < -0.3 is 0 Å². The van der Waals surface area contributed by atoms with Crippen LogP contribution in [0.1, 0.15) is 159 Å². The molecule has 0 fully saturated rings. The van der Waals surface area contributed by atoms with Crippen LogP contribution in [0.25, 0.3) is 0 Å². The third-order valence-electron chi connectivity index (χ3n) is 18.0. The Labute approximate surface area is 622 Å². The molecule has 0 amide bonds. The van der Waals surface area contributed by atoms with Crippen molar-refractivity contribution in [3.63, 3.8) is 0 Å². The summed E-state index contributed by atoms with van der Waals surface area (Å²) in [7, 11) is -0.278. The van der Waals surface area contributed by atoms with Gasteiger partial charge in [0, 0.05) is 5.56 Å². The summed E-state index contributed by atoms with van der Waals surface area (Å²) in [5, 5.41) is 0. The number of rotatable bonds is 12. The fraction of sp³-hybridized carbons (Fsp3) is 0.258. The lowest BCUT2D eigenvalue weighted by atomic mass is 9.87. The standard InChI is InChI=1S/C30H39S.C26H31S.C21H21S.C20H19S/c1-28(2,3)22-10-16-25(17-11-22)31(26-18-12-23(13-19-26)29(4,5)6)27-20-14-24(15-21-27)30(7,8)9;1-25(2,3)20-12-16-23(17-13-20)27(22-10-8-7-9-11-22)24-18-14-21(15-19-24)26(4,5)6;1-16-4-10-19(11-5-16)22(20-12-6-17(2)7-13-20)21-14-8-18(3)9-15-21;1-16-13-14-20(17(2)15-16)21(18-9-5-3-6-10-18)19-11-7-4-8-12-19/h10-21H,1-9H3;7-19H,1-6H3;4-15H,1-3H3;3-15H,1-2H3/q4*+1. The second-order valence-electron chi connectivity index (χ2n) is 31.7. The summed E-state index contributed by atoms with van der Waals surface area (Å²) in [6.07, 6.45) is 0. The molecule has 0 aliphatic carbocycles. The second-order valence-corrected chi connectivity index (χ2v) is 39.8. The maximum atomic E-state index is 2.33. The van der Waals surface area contributed by atoms with Crippen molar-refractivity contribution in [1.29, 1.82) is 0 Å². The first-order valence-electron chi connectivity index (χ1n) is 35.7. The molecule has 12 rings (SSSR count). The average Bonchev–Trinajstić information content (AvgIpc) is 0.807. The van der Waals surface area contributed by atoms with Gasteiger partial charge in [0.05, 0.1) is 43.6 Å². The molecule has 0 atom stereocenters. The third kappa shape index (κ3) is 21.3. The van der Waals surface area contributed by atoms with Gasteiger partial charge in [-0.3, -0.25) is 0 Å². The molecule has 0 N–H and O–H groups in total. The summed E-state index contributed by atoms with van der Waals surface area (Å²) in [4.78, 5) is 16.5. The van der Waals surface area contributed by atoms with E-state index in [1.807, 2.05) is 0 Å². The summed E-state index contributed by atoms with van der Waals surface area (Å²) >= 11 is 0. The van der Waals surface area contributed by atoms with Gasteiger partial charge in [-0.05, 0) is 229 Å². The van der Waals surface area contributed by atoms with Crippen LogP contribution in [0.4, 0.5) is 0 Å². The van der Waals surface area contributed by atoms with Crippen molar-refractivity contribution in [2.24, 2.45) is 0 Å². The Kier molecular flexibility index (Phi) is 25.9. The van der Waals surface area contributed by atoms with Crippen molar-refractivity contribution in [2.45, 2.75) is 224 Å². The average molecular weight is 1400 g/mol. The zero-order chi connectivity index (χ0) is 72.9. The van der Waals surface area contributed by atoms with Crippen molar-refractivity contribution in [3.05, 3.63) is 359 Å². The van der Waals surface area contributed by atoms with E-state index in [2.05, 4.69) is 442 Å². The minimum atomic E-state index is -0.120. The highest BCUT2D eigenvalue weighted by Crippen LogP contribution is 2.39. The normalized spacial score (nSPS) is 11.9. The van der Waals surface area contributed by atoms with Gasteiger partial charge >= 0.3 is 0 Å². The fourth-order valence-corrected chi connectivity index (χ4v) is 20.2. The Balaban J connectivity index is 0.000000159. The SMILES string of the molecule is CC(C)(C)c1ccc([S+](c2ccc(C(C)(C)C)cc2)c2ccc(C(C)(C)C)cc2)cc1.CC(C)(C)c1ccc([S+](c2ccccc2)c2ccc(C(C)(C)C)cc2)cc1.Cc1ccc([S+](c2ccc(C)cc2)c2ccc(C)cc2)cc1.Cc1ccc([S+](c2ccccc2)c2ccccc2)c(C)c1. The van der Waals surface area contributed by atoms with Gasteiger partial charge in [0.1, 0.15) is 0 Å². The van der Waals surface area contributed by atoms with Crippen LogP contribution in [0.5, 0.6) is 0 Å². The lowest BCUT2D eigenvalue weighted by Gasteiger charge is -2.21. The minimum Gasteiger partial charge on any atom is -0.0619 e. The van der Waals surface area contributed by atoms with E-state index in [9.17, 15) is 0 Å². The quantitative estimate of drug-likeness (QED) is 0.107. The Morgan fingerprint density at radius 1 is 0.168 bits per heavy atom. The molecule has 518 valence electrons. The van der Waals surface area contributed by atoms with Gasteiger partial charge in [0.15, 0.2) is 58.7 Å². The predicted octanol–water partition coefficient (Wildman–Crippen LogP) is 27.2. The van der Waals surface area contributed by atoms with Crippen molar-refractivity contribution < 1.29 is 0 Å². The molecule has 0 saturated heterocycles. The Morgan fingerprint density at radius 3 is 0.525 bits per heavy atom. The van der Waals surface area contributed by atoms with Crippen LogP contribution in [-0.4, -0.2) is 0 Å². The second kappa shape index (κ2) is 33.9. The highest BCUT2D eigenvalue weighted by atomic mass is 32.2. The summed E-state index contributed by atoms with van der Waals surface area (Å²) < 4.78 is 0. The van der Waals surface area contributed by atoms with E-state index in [0.29, 0.717) is 0 Å². The van der Waals surface area contributed by atoms with Crippen molar-refractivity contribution >= 4 is 43.6 Å². The molecular weight excluding hydrogens is 1290 g/mol. The van der Waals surface area contributed by atoms with Crippen molar-refractivity contribution in [3.8, 4) is 0 Å². The molecule has 0 aliphatic heterocycles. The number of hydrogen-bond acceptors (Lipinski definition) is 0. The van der Waals surface area contributed by atoms with Gasteiger partial charge in [-0.25, -0.2) is 0 Å². The van der Waals surface area contributed by atoms with E-state index in [-0.39, 0.29) is 70.7 Å². The van der Waals surface area contributed by atoms with Crippen molar-refractivity contribution in [2.75, 3.05) is 0 Å². The maximum Gasteiger partial charge on any atom is 0.169 e. The predicted molar refractivity (Wildman–Crippen MR) is 443 cm³/mol. The molecule has 0 spiro atoms. The van der Waals surface area contributed by atoms with Crippen LogP contribution in [0.15, 0.2) is 362 Å². The van der Waals surface area contributed by atoms with E-state index in [4.69, 9.17) is 0 Å². The molecule has 4 heteroatoms. The molecule has 0 heterocycles. The first kappa shape index (κ1) is 77.2. The monoisotopic (exact) mass is 1400 g/mol. The van der Waals surface area contributed by atoms with Gasteiger partial charge in [-0.1, -0.05) is 290 Å². The summed E-state index contributed by atoms with van der Waals surface area (Å²) in [6.45, 7) is 44.9. The van der Waals surface area contributed by atoms with Crippen LogP contribution in [0.2, 0.25) is 0 Å². The van der Waals surface area contributed by atoms with E-state index in [0.717, 1.165) is 0 Å². The Bertz CT molecular complexity index is 4140. The van der Waals surface area contributed by atoms with Crippen LogP contribution < -0.4 is 0 Å². The maximum absolute atomic E-state index is 2.33. The van der Waals surface area contributed by atoms with Gasteiger partial charge in [0.2, 0.25) is 0 Å². The molecule has 0 aliphatic rings. The Morgan fingerprint density at radius 2 is 0.337 bits per heavy atom. The molecule has 0 radical (unpaired) electrons. The molecule has 0 nitrogen and oxygen atoms in total. The van der Waals surface area contributed by atoms with Crippen LogP contribution >= 0.6 is 0 Å². The molecular formula is C97H110S4+4. The van der Waals surface area contributed by atoms with E-state index >= 15 is 0 Å². The number of hydrogen-bond donors (Lipinski definition) is 0. The highest BCUT2D eigenvalue weighted by Gasteiger charge is 2.34. The van der Waals surface area contributed by atoms with Crippen LogP contribution in [0, 0.1) is 34.6 Å². The van der Waals surface area contributed by atoms with Crippen LogP contribution in [0.3, 0.4) is 0 Å². The molecule has 101 heavy (non-hydrogen) atoms. The Hall–Kier alpha value is -7.96. The minimum absolute atomic E-state index is 0.0345. The lowest BCUT2D eigenvalue weighted by molar-refractivity contribution is 0.589. The van der Waals surface area contributed by atoms with E-state index < -0.39 is 0 Å². The lowest BCUT2D eigenvalue weighted by Crippen LogP contribution is -2.13. The van der Waals surface area contributed by atoms with Gasteiger partial charge in [0.25, 0.3) is 0 Å². The summed E-state index contributed by atoms with van der Waals surface area (Å²) in [5.74, 6) is 0. The molecule has 12 aromatic rings. The molecule has 12 aromatic carbocycles. The molecule has 0 aromatic heterocycles. The zero-order valence-electron chi connectivity index (χ0n) is 64.0. The first-order valence-corrected chi connectivity index (χ1v) is 40.6. The smallest absolute Gasteiger partial charge is 0.0619 e. The number of benzene rings is 12. The highest BCUT2D eigenvalue weighted by molar-refractivity contribution is 7.98. The first-order chi connectivity index (χ1) is 47.8. The zero-order valence-corrected chi connectivity index (χ0v) is 67.3. The van der Waals surface area contributed by atoms with E-state index in [1.54, 1.807) is 0 Å². The fourth-order valence-electron chi connectivity index (χ4n) is 11.8. The summed E-state index contributed by atoms with van der Waals surface area (Å²) in [5.41, 5.74) is 14.4. The van der Waals surface area contributed by atoms with Gasteiger partial charge in [-0.2, -0.15) is 0 Å². The molecule has 0 bridgehead atoms. The topological polar surface area (TPSA) is 0 Å². The van der Waals surface area contributed by atoms with Gasteiger partial charge in [-0.15, -0.1) is 0 Å². The number of aryl methyl sites for hydroxylation is 5. The summed E-state index contributed by atoms with van der Waals surface area (Å²) in [6, 6.07) is 112. The van der Waals surface area contributed by atoms with Crippen LogP contribution in [-0.2, 0) is 70.7 Å².